The molecule has 0 fully saturated rings. The van der Waals surface area contributed by atoms with Gasteiger partial charge >= 0.3 is 0 Å². The van der Waals surface area contributed by atoms with E-state index in [-0.39, 0.29) is 0 Å². The number of halogens is 1. The van der Waals surface area contributed by atoms with Gasteiger partial charge in [-0.15, -0.1) is 0 Å². The van der Waals surface area contributed by atoms with E-state index < -0.39 is 5.82 Å². The van der Waals surface area contributed by atoms with Crippen molar-refractivity contribution in [3.63, 3.8) is 0 Å². The van der Waals surface area contributed by atoms with Gasteiger partial charge in [0.15, 0.2) is 0 Å². The summed E-state index contributed by atoms with van der Waals surface area (Å²) in [7, 11) is 3.13. The van der Waals surface area contributed by atoms with Crippen molar-refractivity contribution >= 4 is 21.9 Å². The summed E-state index contributed by atoms with van der Waals surface area (Å²) in [5.74, 6) is 0.719. The molecule has 0 unspecified atom stereocenters. The fourth-order valence-electron chi connectivity index (χ4n) is 3.64. The molecule has 4 heterocycles. The van der Waals surface area contributed by atoms with Crippen LogP contribution in [0.15, 0.2) is 61.2 Å². The molecule has 148 valence electrons. The molecule has 0 aliphatic carbocycles. The lowest BCUT2D eigenvalue weighted by atomic mass is 10.00. The van der Waals surface area contributed by atoms with Gasteiger partial charge in [-0.25, -0.2) is 9.37 Å². The highest BCUT2D eigenvalue weighted by Crippen LogP contribution is 2.39. The first-order chi connectivity index (χ1) is 14.7. The quantitative estimate of drug-likeness (QED) is 0.460. The highest BCUT2D eigenvalue weighted by atomic mass is 19.1. The summed E-state index contributed by atoms with van der Waals surface area (Å²) in [6, 6.07) is 11.0. The summed E-state index contributed by atoms with van der Waals surface area (Å²) in [5.41, 5.74) is 4.03. The van der Waals surface area contributed by atoms with Crippen molar-refractivity contribution in [1.82, 2.24) is 19.9 Å². The van der Waals surface area contributed by atoms with Crippen LogP contribution in [0.1, 0.15) is 0 Å². The van der Waals surface area contributed by atoms with Crippen molar-refractivity contribution in [2.45, 2.75) is 0 Å². The number of H-pyrrole nitrogens is 1. The van der Waals surface area contributed by atoms with E-state index in [0.29, 0.717) is 33.7 Å². The zero-order chi connectivity index (χ0) is 20.7. The minimum atomic E-state index is -0.432. The number of hydrogen-bond acceptors (Lipinski definition) is 5. The second kappa shape index (κ2) is 7.11. The molecule has 5 rings (SSSR count). The molecule has 5 aromatic rings. The van der Waals surface area contributed by atoms with E-state index in [1.165, 1.54) is 6.20 Å². The Morgan fingerprint density at radius 1 is 0.900 bits per heavy atom. The van der Waals surface area contributed by atoms with Crippen molar-refractivity contribution in [2.24, 2.45) is 0 Å². The second-order valence-electron chi connectivity index (χ2n) is 6.79. The van der Waals surface area contributed by atoms with Crippen LogP contribution in [0.4, 0.5) is 4.39 Å². The topological polar surface area (TPSA) is 72.9 Å². The van der Waals surface area contributed by atoms with Crippen LogP contribution in [0.2, 0.25) is 0 Å². The number of fused-ring (bicyclic) bond motifs is 3. The number of ether oxygens (including phenoxy) is 2. The minimum absolute atomic E-state index is 0.423. The zero-order valence-electron chi connectivity index (χ0n) is 16.3. The monoisotopic (exact) mass is 400 g/mol. The van der Waals surface area contributed by atoms with Crippen molar-refractivity contribution in [3.8, 4) is 33.9 Å². The van der Waals surface area contributed by atoms with Gasteiger partial charge in [0.05, 0.1) is 37.8 Å². The third-order valence-corrected chi connectivity index (χ3v) is 5.06. The number of benzene rings is 1. The van der Waals surface area contributed by atoms with Gasteiger partial charge in [-0.2, -0.15) is 0 Å². The second-order valence-corrected chi connectivity index (χ2v) is 6.79. The summed E-state index contributed by atoms with van der Waals surface area (Å²) >= 11 is 0. The van der Waals surface area contributed by atoms with E-state index in [1.807, 2.05) is 18.2 Å². The highest BCUT2D eigenvalue weighted by Gasteiger charge is 2.18. The maximum atomic E-state index is 15.1. The molecule has 0 bridgehead atoms. The molecule has 6 nitrogen and oxygen atoms in total. The Morgan fingerprint density at radius 2 is 1.70 bits per heavy atom. The fraction of sp³-hybridized carbons (Fsp3) is 0.0870. The van der Waals surface area contributed by atoms with Crippen LogP contribution in [0.5, 0.6) is 11.5 Å². The third-order valence-electron chi connectivity index (χ3n) is 5.06. The largest absolute Gasteiger partial charge is 0.497 e. The zero-order valence-corrected chi connectivity index (χ0v) is 16.3. The average Bonchev–Trinajstić information content (AvgIpc) is 3.17. The first kappa shape index (κ1) is 18.1. The molecule has 4 aromatic heterocycles. The lowest BCUT2D eigenvalue weighted by molar-refractivity contribution is 0.394. The number of nitrogens with zero attached hydrogens (tertiary/aromatic N) is 3. The van der Waals surface area contributed by atoms with Crippen LogP contribution in [-0.4, -0.2) is 34.2 Å². The Balaban J connectivity index is 1.83. The summed E-state index contributed by atoms with van der Waals surface area (Å²) < 4.78 is 25.9. The lowest BCUT2D eigenvalue weighted by Crippen LogP contribution is -1.92. The SMILES string of the molecule is COc1cc(OC)cc(-c2c(F)cnc3[nH]c4cnc(-c5cccnc5)cc4c23)c1. The van der Waals surface area contributed by atoms with Crippen molar-refractivity contribution in [3.05, 3.63) is 67.0 Å². The first-order valence-electron chi connectivity index (χ1n) is 9.27. The molecule has 0 aliphatic heterocycles. The van der Waals surface area contributed by atoms with Crippen LogP contribution in [0.25, 0.3) is 44.3 Å². The Kier molecular flexibility index (Phi) is 4.28. The third kappa shape index (κ3) is 2.91. The number of methoxy groups -OCH3 is 2. The fourth-order valence-corrected chi connectivity index (χ4v) is 3.64. The molecule has 7 heteroatoms. The summed E-state index contributed by atoms with van der Waals surface area (Å²) in [6.07, 6.45) is 6.40. The normalized spacial score (nSPS) is 11.2. The molecule has 0 saturated heterocycles. The van der Waals surface area contributed by atoms with E-state index in [4.69, 9.17) is 9.47 Å². The van der Waals surface area contributed by atoms with Gasteiger partial charge in [0.2, 0.25) is 0 Å². The predicted octanol–water partition coefficient (Wildman–Crippen LogP) is 5.00. The number of hydrogen-bond donors (Lipinski definition) is 1. The molecule has 0 aliphatic rings. The van der Waals surface area contributed by atoms with Gasteiger partial charge < -0.3 is 14.5 Å². The number of nitrogens with one attached hydrogen (secondary N) is 1. The van der Waals surface area contributed by atoms with Crippen molar-refractivity contribution in [1.29, 1.82) is 0 Å². The van der Waals surface area contributed by atoms with Crippen LogP contribution in [-0.2, 0) is 0 Å². The van der Waals surface area contributed by atoms with E-state index in [9.17, 15) is 0 Å². The van der Waals surface area contributed by atoms with Gasteiger partial charge in [-0.05, 0) is 35.9 Å². The van der Waals surface area contributed by atoms with Crippen LogP contribution >= 0.6 is 0 Å². The minimum Gasteiger partial charge on any atom is -0.497 e. The van der Waals surface area contributed by atoms with Crippen molar-refractivity contribution in [2.75, 3.05) is 14.2 Å². The van der Waals surface area contributed by atoms with Crippen LogP contribution in [0, 0.1) is 5.82 Å². The van der Waals surface area contributed by atoms with Gasteiger partial charge in [-0.1, -0.05) is 0 Å². The van der Waals surface area contributed by atoms with E-state index in [1.54, 1.807) is 51.0 Å². The van der Waals surface area contributed by atoms with E-state index in [2.05, 4.69) is 19.9 Å². The Hall–Kier alpha value is -4.00. The predicted molar refractivity (Wildman–Crippen MR) is 113 cm³/mol. The molecule has 1 aromatic carbocycles. The molecular formula is C23H17FN4O2. The van der Waals surface area contributed by atoms with Gasteiger partial charge in [0.25, 0.3) is 0 Å². The maximum Gasteiger partial charge on any atom is 0.150 e. The number of aromatic nitrogens is 4. The smallest absolute Gasteiger partial charge is 0.150 e. The molecule has 0 amide bonds. The van der Waals surface area contributed by atoms with Crippen molar-refractivity contribution < 1.29 is 13.9 Å². The summed E-state index contributed by atoms with van der Waals surface area (Å²) in [4.78, 5) is 16.2. The molecule has 0 radical (unpaired) electrons. The van der Waals surface area contributed by atoms with E-state index >= 15 is 4.39 Å². The standard InChI is InChI=1S/C23H17FN4O2/c1-29-15-6-14(7-16(8-15)30-2)21-18(24)11-27-23-22(21)17-9-19(26-12-20(17)28-23)13-4-3-5-25-10-13/h3-12H,1-2H3,(H,27,28). The number of pyridine rings is 3. The molecule has 0 atom stereocenters. The highest BCUT2D eigenvalue weighted by molar-refractivity contribution is 6.13. The van der Waals surface area contributed by atoms with Crippen LogP contribution in [0.3, 0.4) is 0 Å². The molecular weight excluding hydrogens is 383 g/mol. The lowest BCUT2D eigenvalue weighted by Gasteiger charge is -2.11. The summed E-state index contributed by atoms with van der Waals surface area (Å²) in [6.45, 7) is 0. The van der Waals surface area contributed by atoms with Crippen LogP contribution < -0.4 is 9.47 Å². The number of rotatable bonds is 4. The average molecular weight is 400 g/mol. The van der Waals surface area contributed by atoms with Gasteiger partial charge in [-0.3, -0.25) is 9.97 Å². The Morgan fingerprint density at radius 3 is 2.40 bits per heavy atom. The Bertz CT molecular complexity index is 1360. The Labute approximate surface area is 171 Å². The molecule has 30 heavy (non-hydrogen) atoms. The molecule has 0 spiro atoms. The van der Waals surface area contributed by atoms with Gasteiger partial charge in [0.1, 0.15) is 23.0 Å². The molecule has 0 saturated carbocycles. The number of aromatic amines is 1. The van der Waals surface area contributed by atoms with Gasteiger partial charge in [0, 0.05) is 40.4 Å². The maximum absolute atomic E-state index is 15.1. The molecule has 1 N–H and O–H groups in total. The first-order valence-corrected chi connectivity index (χ1v) is 9.27. The van der Waals surface area contributed by atoms with E-state index in [0.717, 1.165) is 22.2 Å². The summed E-state index contributed by atoms with van der Waals surface area (Å²) in [5, 5.41) is 1.50.